The molecule has 0 spiro atoms. The lowest BCUT2D eigenvalue weighted by Crippen LogP contribution is -1.94. The molecule has 2 aromatic rings. The van der Waals surface area contributed by atoms with Crippen molar-refractivity contribution in [2.45, 2.75) is 6.54 Å². The van der Waals surface area contributed by atoms with Crippen LogP contribution in [0.5, 0.6) is 0 Å². The van der Waals surface area contributed by atoms with Crippen LogP contribution in [0.4, 0.5) is 0 Å². The van der Waals surface area contributed by atoms with Gasteiger partial charge < -0.3 is 4.57 Å². The lowest BCUT2D eigenvalue weighted by molar-refractivity contribution is 0.860. The predicted octanol–water partition coefficient (Wildman–Crippen LogP) is 3.03. The van der Waals surface area contributed by atoms with Gasteiger partial charge in [0.2, 0.25) is 0 Å². The zero-order valence-corrected chi connectivity index (χ0v) is 9.59. The van der Waals surface area contributed by atoms with Crippen LogP contribution in [0.3, 0.4) is 0 Å². The Hall–Kier alpha value is -0.870. The van der Waals surface area contributed by atoms with Crippen LogP contribution in [0.2, 0.25) is 5.15 Å². The second-order valence-corrected chi connectivity index (χ2v) is 3.99. The average molecular weight is 273 g/mol. The molecule has 2 rings (SSSR count). The minimum Gasteiger partial charge on any atom is -0.339 e. The molecule has 5 heteroatoms. The fraction of sp³-hybridized carbons (Fsp3) is 0.111. The fourth-order valence-electron chi connectivity index (χ4n) is 1.33. The van der Waals surface area contributed by atoms with Gasteiger partial charge in [-0.25, -0.2) is 9.97 Å². The summed E-state index contributed by atoms with van der Waals surface area (Å²) in [6.45, 7) is 4.37. The van der Waals surface area contributed by atoms with Gasteiger partial charge in [0, 0.05) is 12.7 Å². The van der Waals surface area contributed by atoms with Gasteiger partial charge in [-0.1, -0.05) is 17.7 Å². The van der Waals surface area contributed by atoms with Gasteiger partial charge in [0.05, 0.1) is 4.47 Å². The SMILES string of the molecule is C=CCn1cc(Br)c2ncnc(Cl)c21. The maximum atomic E-state index is 5.98. The summed E-state index contributed by atoms with van der Waals surface area (Å²) in [6, 6.07) is 0. The molecule has 0 saturated carbocycles. The summed E-state index contributed by atoms with van der Waals surface area (Å²) in [7, 11) is 0. The molecular formula is C9H7BrClN3. The molecular weight excluding hydrogens is 265 g/mol. The van der Waals surface area contributed by atoms with Crippen molar-refractivity contribution in [3.8, 4) is 0 Å². The van der Waals surface area contributed by atoms with Crippen LogP contribution in [0.15, 0.2) is 29.7 Å². The first-order chi connectivity index (χ1) is 6.74. The maximum Gasteiger partial charge on any atom is 0.156 e. The van der Waals surface area contributed by atoms with Crippen molar-refractivity contribution in [1.82, 2.24) is 14.5 Å². The molecule has 0 aliphatic heterocycles. The number of nitrogens with zero attached hydrogens (tertiary/aromatic N) is 3. The maximum absolute atomic E-state index is 5.98. The normalized spacial score (nSPS) is 10.7. The zero-order valence-electron chi connectivity index (χ0n) is 7.24. The summed E-state index contributed by atoms with van der Waals surface area (Å²) in [6.07, 6.45) is 5.18. The Morgan fingerprint density at radius 2 is 2.36 bits per heavy atom. The van der Waals surface area contributed by atoms with Gasteiger partial charge >= 0.3 is 0 Å². The van der Waals surface area contributed by atoms with Crippen LogP contribution in [-0.4, -0.2) is 14.5 Å². The monoisotopic (exact) mass is 271 g/mol. The second kappa shape index (κ2) is 3.71. The Morgan fingerprint density at radius 1 is 1.57 bits per heavy atom. The van der Waals surface area contributed by atoms with E-state index in [1.54, 1.807) is 6.08 Å². The Kier molecular flexibility index (Phi) is 2.56. The van der Waals surface area contributed by atoms with Gasteiger partial charge in [0.1, 0.15) is 17.4 Å². The highest BCUT2D eigenvalue weighted by Gasteiger charge is 2.10. The van der Waals surface area contributed by atoms with Gasteiger partial charge in [0.15, 0.2) is 5.15 Å². The van der Waals surface area contributed by atoms with E-state index in [4.69, 9.17) is 11.6 Å². The number of hydrogen-bond donors (Lipinski definition) is 0. The molecule has 0 amide bonds. The van der Waals surface area contributed by atoms with Crippen LogP contribution < -0.4 is 0 Å². The molecule has 0 aromatic carbocycles. The lowest BCUT2D eigenvalue weighted by atomic mass is 10.4. The van der Waals surface area contributed by atoms with Gasteiger partial charge in [-0.3, -0.25) is 0 Å². The second-order valence-electron chi connectivity index (χ2n) is 2.78. The van der Waals surface area contributed by atoms with Gasteiger partial charge in [-0.2, -0.15) is 0 Å². The van der Waals surface area contributed by atoms with E-state index < -0.39 is 0 Å². The van der Waals surface area contributed by atoms with Crippen LogP contribution in [0.1, 0.15) is 0 Å². The lowest BCUT2D eigenvalue weighted by Gasteiger charge is -2.00. The van der Waals surface area contributed by atoms with E-state index in [0.29, 0.717) is 11.7 Å². The van der Waals surface area contributed by atoms with Gasteiger partial charge in [-0.15, -0.1) is 6.58 Å². The Labute approximate surface area is 94.5 Å². The van der Waals surface area contributed by atoms with Crippen LogP contribution in [0.25, 0.3) is 11.0 Å². The summed E-state index contributed by atoms with van der Waals surface area (Å²) in [4.78, 5) is 8.09. The molecule has 2 aromatic heterocycles. The molecule has 0 fully saturated rings. The topological polar surface area (TPSA) is 30.7 Å². The average Bonchev–Trinajstić information content (AvgIpc) is 2.46. The number of hydrogen-bond acceptors (Lipinski definition) is 2. The highest BCUT2D eigenvalue weighted by molar-refractivity contribution is 9.10. The van der Waals surface area contributed by atoms with Crippen molar-refractivity contribution in [1.29, 1.82) is 0 Å². The third-order valence-electron chi connectivity index (χ3n) is 1.89. The first-order valence-electron chi connectivity index (χ1n) is 3.99. The number of halogens is 2. The summed E-state index contributed by atoms with van der Waals surface area (Å²) in [5, 5.41) is 0.461. The molecule has 0 aliphatic rings. The molecule has 0 bridgehead atoms. The molecule has 0 aliphatic carbocycles. The molecule has 14 heavy (non-hydrogen) atoms. The molecule has 3 nitrogen and oxygen atoms in total. The van der Waals surface area contributed by atoms with Crippen molar-refractivity contribution >= 4 is 38.6 Å². The molecule has 0 unspecified atom stereocenters. The third-order valence-corrected chi connectivity index (χ3v) is 2.74. The largest absolute Gasteiger partial charge is 0.339 e. The fourth-order valence-corrected chi connectivity index (χ4v) is 2.11. The van der Waals surface area contributed by atoms with Crippen molar-refractivity contribution in [2.24, 2.45) is 0 Å². The summed E-state index contributed by atoms with van der Waals surface area (Å²) >= 11 is 9.40. The van der Waals surface area contributed by atoms with Crippen LogP contribution in [-0.2, 0) is 6.54 Å². The highest BCUT2D eigenvalue weighted by atomic mass is 79.9. The van der Waals surface area contributed by atoms with Gasteiger partial charge in [0.25, 0.3) is 0 Å². The number of rotatable bonds is 2. The van der Waals surface area contributed by atoms with Gasteiger partial charge in [-0.05, 0) is 15.9 Å². The molecule has 0 radical (unpaired) electrons. The Bertz CT molecular complexity index is 492. The third kappa shape index (κ3) is 1.44. The quantitative estimate of drug-likeness (QED) is 0.621. The first-order valence-corrected chi connectivity index (χ1v) is 5.17. The number of fused-ring (bicyclic) bond motifs is 1. The van der Waals surface area contributed by atoms with E-state index >= 15 is 0 Å². The van der Waals surface area contributed by atoms with E-state index in [1.165, 1.54) is 6.33 Å². The van der Waals surface area contributed by atoms with E-state index in [2.05, 4.69) is 32.5 Å². The molecule has 0 N–H and O–H groups in total. The molecule has 0 atom stereocenters. The zero-order chi connectivity index (χ0) is 10.1. The molecule has 72 valence electrons. The van der Waals surface area contributed by atoms with E-state index in [9.17, 15) is 0 Å². The summed E-state index contributed by atoms with van der Waals surface area (Å²) in [5.74, 6) is 0. The predicted molar refractivity (Wildman–Crippen MR) is 60.4 cm³/mol. The van der Waals surface area contributed by atoms with E-state index in [0.717, 1.165) is 15.5 Å². The van der Waals surface area contributed by atoms with Crippen LogP contribution >= 0.6 is 27.5 Å². The van der Waals surface area contributed by atoms with Crippen molar-refractivity contribution < 1.29 is 0 Å². The first kappa shape index (κ1) is 9.68. The summed E-state index contributed by atoms with van der Waals surface area (Å²) < 4.78 is 2.87. The minimum atomic E-state index is 0.461. The Balaban J connectivity index is 2.78. The van der Waals surface area contributed by atoms with Crippen LogP contribution in [0, 0.1) is 0 Å². The minimum absolute atomic E-state index is 0.461. The highest BCUT2D eigenvalue weighted by Crippen LogP contribution is 2.27. The Morgan fingerprint density at radius 3 is 3.07 bits per heavy atom. The summed E-state index contributed by atoms with van der Waals surface area (Å²) in [5.41, 5.74) is 1.66. The van der Waals surface area contributed by atoms with Crippen molar-refractivity contribution in [3.63, 3.8) is 0 Å². The van der Waals surface area contributed by atoms with E-state index in [1.807, 2.05) is 10.8 Å². The van der Waals surface area contributed by atoms with Crippen molar-refractivity contribution in [2.75, 3.05) is 0 Å². The number of allylic oxidation sites excluding steroid dienone is 1. The number of aromatic nitrogens is 3. The molecule has 2 heterocycles. The molecule has 0 saturated heterocycles. The standard InChI is InChI=1S/C9H7BrClN3/c1-2-3-14-4-6(10)7-8(14)9(11)13-5-12-7/h2,4-5H,1,3H2. The smallest absolute Gasteiger partial charge is 0.156 e. The van der Waals surface area contributed by atoms with E-state index in [-0.39, 0.29) is 0 Å². The van der Waals surface area contributed by atoms with Crippen molar-refractivity contribution in [3.05, 3.63) is 34.8 Å².